The van der Waals surface area contributed by atoms with E-state index in [1.807, 2.05) is 6.08 Å². The number of aliphatic imine (C=N–C) groups is 1. The fourth-order valence-electron chi connectivity index (χ4n) is 3.37. The fourth-order valence-corrected chi connectivity index (χ4v) is 3.37. The molecular weight excluding hydrogens is 310 g/mol. The Bertz CT molecular complexity index is 535. The second-order valence-corrected chi connectivity index (χ2v) is 6.78. The summed E-state index contributed by atoms with van der Waals surface area (Å²) in [6, 6.07) is 10.8. The maximum absolute atomic E-state index is 5.63. The molecule has 0 unspecified atom stereocenters. The van der Waals surface area contributed by atoms with E-state index >= 15 is 0 Å². The number of ether oxygens (including phenoxy) is 1. The molecule has 2 rings (SSSR count). The minimum Gasteiger partial charge on any atom is -0.381 e. The minimum atomic E-state index is 0.0855. The quantitative estimate of drug-likeness (QED) is 0.339. The first-order valence-electron chi connectivity index (χ1n) is 9.45. The van der Waals surface area contributed by atoms with Crippen LogP contribution in [0.5, 0.6) is 0 Å². The first kappa shape index (κ1) is 19.5. The van der Waals surface area contributed by atoms with Gasteiger partial charge in [0.15, 0.2) is 5.96 Å². The van der Waals surface area contributed by atoms with Gasteiger partial charge in [-0.25, -0.2) is 0 Å². The lowest BCUT2D eigenvalue weighted by Crippen LogP contribution is -2.42. The monoisotopic (exact) mass is 343 g/mol. The Kier molecular flexibility index (Phi) is 7.99. The van der Waals surface area contributed by atoms with Crippen LogP contribution >= 0.6 is 0 Å². The van der Waals surface area contributed by atoms with Crippen LogP contribution in [-0.4, -0.2) is 50.8 Å². The summed E-state index contributed by atoms with van der Waals surface area (Å²) in [5.74, 6) is 0.994. The van der Waals surface area contributed by atoms with Crippen LogP contribution in [0.3, 0.4) is 0 Å². The SMILES string of the molecule is C=CCCCN(C)C(=NCC1(c2ccccc2)CCOCC1)NCC. The molecule has 4 heteroatoms. The third kappa shape index (κ3) is 5.60. The predicted octanol–water partition coefficient (Wildman–Crippen LogP) is 3.60. The molecule has 0 spiro atoms. The van der Waals surface area contributed by atoms with E-state index in [1.54, 1.807) is 0 Å². The van der Waals surface area contributed by atoms with Crippen molar-refractivity contribution in [1.29, 1.82) is 0 Å². The average molecular weight is 344 g/mol. The molecule has 4 nitrogen and oxygen atoms in total. The molecule has 0 aliphatic carbocycles. The van der Waals surface area contributed by atoms with Gasteiger partial charge < -0.3 is 15.0 Å². The average Bonchev–Trinajstić information content (AvgIpc) is 2.66. The number of nitrogens with zero attached hydrogens (tertiary/aromatic N) is 2. The number of unbranched alkanes of at least 4 members (excludes halogenated alkanes) is 1. The number of benzene rings is 1. The molecule has 25 heavy (non-hydrogen) atoms. The van der Waals surface area contributed by atoms with Gasteiger partial charge in [0, 0.05) is 38.8 Å². The standard InChI is InChI=1S/C21H33N3O/c1-4-6-10-15-24(3)20(22-5-2)23-18-21(13-16-25-17-14-21)19-11-8-7-9-12-19/h4,7-9,11-12H,1,5-6,10,13-18H2,2-3H3,(H,22,23). The molecule has 1 aromatic carbocycles. The highest BCUT2D eigenvalue weighted by atomic mass is 16.5. The van der Waals surface area contributed by atoms with Crippen LogP contribution in [0.15, 0.2) is 48.0 Å². The van der Waals surface area contributed by atoms with Gasteiger partial charge in [-0.2, -0.15) is 0 Å². The van der Waals surface area contributed by atoms with Gasteiger partial charge in [-0.15, -0.1) is 6.58 Å². The number of hydrogen-bond acceptors (Lipinski definition) is 2. The summed E-state index contributed by atoms with van der Waals surface area (Å²) in [5, 5.41) is 3.44. The molecule has 1 heterocycles. The van der Waals surface area contributed by atoms with Gasteiger partial charge in [0.25, 0.3) is 0 Å². The summed E-state index contributed by atoms with van der Waals surface area (Å²) >= 11 is 0. The zero-order chi connectivity index (χ0) is 18.0. The highest BCUT2D eigenvalue weighted by Gasteiger charge is 2.34. The van der Waals surface area contributed by atoms with E-state index in [1.165, 1.54) is 5.56 Å². The molecule has 0 radical (unpaired) electrons. The second kappa shape index (κ2) is 10.2. The lowest BCUT2D eigenvalue weighted by atomic mass is 9.74. The van der Waals surface area contributed by atoms with Gasteiger partial charge in [0.2, 0.25) is 0 Å². The lowest BCUT2D eigenvalue weighted by molar-refractivity contribution is 0.0530. The summed E-state index contributed by atoms with van der Waals surface area (Å²) in [4.78, 5) is 7.24. The van der Waals surface area contributed by atoms with Gasteiger partial charge in [0.05, 0.1) is 6.54 Å². The van der Waals surface area contributed by atoms with Crippen LogP contribution < -0.4 is 5.32 Å². The fraction of sp³-hybridized carbons (Fsp3) is 0.571. The van der Waals surface area contributed by atoms with E-state index in [0.29, 0.717) is 0 Å². The Labute approximate surface area is 153 Å². The lowest BCUT2D eigenvalue weighted by Gasteiger charge is -2.37. The number of hydrogen-bond donors (Lipinski definition) is 1. The van der Waals surface area contributed by atoms with Crippen LogP contribution in [0.1, 0.15) is 38.2 Å². The maximum Gasteiger partial charge on any atom is 0.193 e. The molecule has 138 valence electrons. The highest BCUT2D eigenvalue weighted by molar-refractivity contribution is 5.79. The number of rotatable bonds is 8. The molecule has 1 fully saturated rings. The van der Waals surface area contributed by atoms with E-state index in [0.717, 1.165) is 64.5 Å². The smallest absolute Gasteiger partial charge is 0.193 e. The van der Waals surface area contributed by atoms with Crippen molar-refractivity contribution in [3.05, 3.63) is 48.6 Å². The molecule has 1 aliphatic heterocycles. The first-order valence-corrected chi connectivity index (χ1v) is 9.45. The number of guanidine groups is 1. The largest absolute Gasteiger partial charge is 0.381 e. The molecule has 0 bridgehead atoms. The molecule has 0 saturated carbocycles. The molecule has 1 saturated heterocycles. The Hall–Kier alpha value is -1.81. The Balaban J connectivity index is 2.14. The van der Waals surface area contributed by atoms with Crippen molar-refractivity contribution in [2.24, 2.45) is 4.99 Å². The van der Waals surface area contributed by atoms with Gasteiger partial charge in [-0.1, -0.05) is 36.4 Å². The predicted molar refractivity (Wildman–Crippen MR) is 106 cm³/mol. The second-order valence-electron chi connectivity index (χ2n) is 6.78. The highest BCUT2D eigenvalue weighted by Crippen LogP contribution is 2.35. The third-order valence-corrected chi connectivity index (χ3v) is 4.97. The normalized spacial score (nSPS) is 17.1. The van der Waals surface area contributed by atoms with Crippen LogP contribution in [0.4, 0.5) is 0 Å². The molecule has 1 N–H and O–H groups in total. The van der Waals surface area contributed by atoms with E-state index in [-0.39, 0.29) is 5.41 Å². The molecule has 1 aliphatic rings. The molecule has 1 aromatic rings. The van der Waals surface area contributed by atoms with Crippen molar-refractivity contribution in [3.63, 3.8) is 0 Å². The molecule has 0 atom stereocenters. The van der Waals surface area contributed by atoms with Gasteiger partial charge >= 0.3 is 0 Å². The Morgan fingerprint density at radius 3 is 2.68 bits per heavy atom. The molecular formula is C21H33N3O. The van der Waals surface area contributed by atoms with Crippen molar-refractivity contribution in [1.82, 2.24) is 10.2 Å². The van der Waals surface area contributed by atoms with E-state index < -0.39 is 0 Å². The van der Waals surface area contributed by atoms with Gasteiger partial charge in [0.1, 0.15) is 0 Å². The van der Waals surface area contributed by atoms with Crippen molar-refractivity contribution in [3.8, 4) is 0 Å². The summed E-state index contributed by atoms with van der Waals surface area (Å²) in [5.41, 5.74) is 1.47. The first-order chi connectivity index (χ1) is 12.2. The summed E-state index contributed by atoms with van der Waals surface area (Å²) in [7, 11) is 2.11. The van der Waals surface area contributed by atoms with Crippen molar-refractivity contribution < 1.29 is 4.74 Å². The van der Waals surface area contributed by atoms with E-state index in [4.69, 9.17) is 9.73 Å². The summed E-state index contributed by atoms with van der Waals surface area (Å²) in [6.45, 7) is 10.2. The van der Waals surface area contributed by atoms with E-state index in [2.05, 4.69) is 61.1 Å². The maximum atomic E-state index is 5.63. The number of allylic oxidation sites excluding steroid dienone is 1. The number of nitrogens with one attached hydrogen (secondary N) is 1. The van der Waals surface area contributed by atoms with Crippen LogP contribution in [0.2, 0.25) is 0 Å². The molecule has 0 aromatic heterocycles. The Morgan fingerprint density at radius 1 is 1.32 bits per heavy atom. The zero-order valence-corrected chi connectivity index (χ0v) is 15.8. The van der Waals surface area contributed by atoms with Crippen molar-refractivity contribution in [2.75, 3.05) is 39.9 Å². The van der Waals surface area contributed by atoms with Gasteiger partial charge in [-0.05, 0) is 38.2 Å². The summed E-state index contributed by atoms with van der Waals surface area (Å²) in [6.07, 6.45) is 6.17. The van der Waals surface area contributed by atoms with Crippen LogP contribution in [0, 0.1) is 0 Å². The van der Waals surface area contributed by atoms with E-state index in [9.17, 15) is 0 Å². The third-order valence-electron chi connectivity index (χ3n) is 4.97. The molecule has 0 amide bonds. The topological polar surface area (TPSA) is 36.9 Å². The Morgan fingerprint density at radius 2 is 2.04 bits per heavy atom. The van der Waals surface area contributed by atoms with Crippen LogP contribution in [0.25, 0.3) is 0 Å². The van der Waals surface area contributed by atoms with Crippen molar-refractivity contribution >= 4 is 5.96 Å². The van der Waals surface area contributed by atoms with Crippen LogP contribution in [-0.2, 0) is 10.2 Å². The van der Waals surface area contributed by atoms with Crippen molar-refractivity contribution in [2.45, 2.75) is 38.0 Å². The van der Waals surface area contributed by atoms with Gasteiger partial charge in [-0.3, -0.25) is 4.99 Å². The zero-order valence-electron chi connectivity index (χ0n) is 15.8. The minimum absolute atomic E-state index is 0.0855. The summed E-state index contributed by atoms with van der Waals surface area (Å²) < 4.78 is 5.63.